The van der Waals surface area contributed by atoms with Crippen LogP contribution in [-0.4, -0.2) is 10.1 Å². The number of rotatable bonds is 7. The third kappa shape index (κ3) is 4.89. The zero-order chi connectivity index (χ0) is 20.8. The lowest BCUT2D eigenvalue weighted by atomic mass is 10.0. The molecule has 29 heavy (non-hydrogen) atoms. The third-order valence-corrected chi connectivity index (χ3v) is 4.66. The van der Waals surface area contributed by atoms with E-state index in [0.29, 0.717) is 29.3 Å². The van der Waals surface area contributed by atoms with E-state index >= 15 is 0 Å². The number of aromatic nitrogens is 1. The Kier molecular flexibility index (Phi) is 6.42. The van der Waals surface area contributed by atoms with Crippen molar-refractivity contribution < 1.29 is 9.50 Å². The van der Waals surface area contributed by atoms with E-state index in [-0.39, 0.29) is 12.2 Å². The highest BCUT2D eigenvalue weighted by atomic mass is 19.1. The number of aliphatic hydroxyl groups excluding tert-OH is 1. The largest absolute Gasteiger partial charge is 0.396 e. The first-order valence-electron chi connectivity index (χ1n) is 9.30. The fourth-order valence-corrected chi connectivity index (χ4v) is 2.94. The van der Waals surface area contributed by atoms with Gasteiger partial charge in [0, 0.05) is 17.7 Å². The quantitative estimate of drug-likeness (QED) is 0.493. The number of allylic oxidation sites excluding steroid dienone is 2. The summed E-state index contributed by atoms with van der Waals surface area (Å²) in [4.78, 5) is 4.55. The SMILES string of the molecule is C=C/C=C\c1cc(CNc2nc(-c3ccc(CO)c(F)c3)ccc2N)ccc1C. The number of nitrogen functional groups attached to an aromatic ring is 1. The van der Waals surface area contributed by atoms with Crippen LogP contribution in [0.15, 0.2) is 67.3 Å². The van der Waals surface area contributed by atoms with Crippen LogP contribution in [0.3, 0.4) is 0 Å². The van der Waals surface area contributed by atoms with Gasteiger partial charge in [-0.1, -0.05) is 49.1 Å². The fourth-order valence-electron chi connectivity index (χ4n) is 2.94. The zero-order valence-electron chi connectivity index (χ0n) is 16.3. The number of hydrogen-bond donors (Lipinski definition) is 3. The Bertz CT molecular complexity index is 1060. The summed E-state index contributed by atoms with van der Waals surface area (Å²) in [5.74, 6) is 0.0794. The minimum absolute atomic E-state index is 0.253. The predicted molar refractivity (Wildman–Crippen MR) is 118 cm³/mol. The van der Waals surface area contributed by atoms with Gasteiger partial charge in [-0.25, -0.2) is 9.37 Å². The molecule has 148 valence electrons. The molecule has 0 aliphatic rings. The number of halogens is 1. The average Bonchev–Trinajstić information content (AvgIpc) is 2.73. The van der Waals surface area contributed by atoms with E-state index in [9.17, 15) is 4.39 Å². The van der Waals surface area contributed by atoms with Gasteiger partial charge in [0.1, 0.15) is 11.6 Å². The molecule has 5 heteroatoms. The van der Waals surface area contributed by atoms with Crippen molar-refractivity contribution in [3.63, 3.8) is 0 Å². The second-order valence-corrected chi connectivity index (χ2v) is 6.74. The molecule has 0 fully saturated rings. The van der Waals surface area contributed by atoms with Gasteiger partial charge in [-0.05, 0) is 47.9 Å². The van der Waals surface area contributed by atoms with Crippen molar-refractivity contribution in [1.82, 2.24) is 4.98 Å². The molecule has 4 N–H and O–H groups in total. The minimum atomic E-state index is -0.460. The highest BCUT2D eigenvalue weighted by molar-refractivity contribution is 5.69. The highest BCUT2D eigenvalue weighted by Crippen LogP contribution is 2.25. The summed E-state index contributed by atoms with van der Waals surface area (Å²) in [5.41, 5.74) is 11.5. The van der Waals surface area contributed by atoms with E-state index in [1.807, 2.05) is 12.2 Å². The highest BCUT2D eigenvalue weighted by Gasteiger charge is 2.09. The molecule has 4 nitrogen and oxygen atoms in total. The van der Waals surface area contributed by atoms with Crippen LogP contribution in [0.5, 0.6) is 0 Å². The van der Waals surface area contributed by atoms with Crippen LogP contribution >= 0.6 is 0 Å². The van der Waals surface area contributed by atoms with E-state index in [1.165, 1.54) is 11.6 Å². The van der Waals surface area contributed by atoms with Crippen molar-refractivity contribution in [3.8, 4) is 11.3 Å². The summed E-state index contributed by atoms with van der Waals surface area (Å²) < 4.78 is 14.0. The van der Waals surface area contributed by atoms with Gasteiger partial charge in [-0.15, -0.1) is 0 Å². The van der Waals surface area contributed by atoms with Crippen LogP contribution in [0, 0.1) is 12.7 Å². The lowest BCUT2D eigenvalue weighted by Gasteiger charge is -2.12. The number of nitrogens with one attached hydrogen (secondary N) is 1. The van der Waals surface area contributed by atoms with Gasteiger partial charge >= 0.3 is 0 Å². The Morgan fingerprint density at radius 1 is 1.17 bits per heavy atom. The molecule has 0 aliphatic carbocycles. The molecule has 1 aromatic heterocycles. The number of anilines is 2. The molecular formula is C24H24FN3O. The number of aliphatic hydroxyl groups is 1. The van der Waals surface area contributed by atoms with Crippen LogP contribution in [0.4, 0.5) is 15.9 Å². The predicted octanol–water partition coefficient (Wildman–Crippen LogP) is 5.08. The maximum absolute atomic E-state index is 14.0. The van der Waals surface area contributed by atoms with E-state index in [2.05, 4.69) is 42.0 Å². The summed E-state index contributed by atoms with van der Waals surface area (Å²) >= 11 is 0. The van der Waals surface area contributed by atoms with Crippen molar-refractivity contribution in [3.05, 3.63) is 95.3 Å². The van der Waals surface area contributed by atoms with Crippen molar-refractivity contribution in [2.24, 2.45) is 0 Å². The third-order valence-electron chi connectivity index (χ3n) is 4.66. The molecule has 0 radical (unpaired) electrons. The van der Waals surface area contributed by atoms with Crippen LogP contribution in [0.1, 0.15) is 22.3 Å². The second-order valence-electron chi connectivity index (χ2n) is 6.74. The fraction of sp³-hybridized carbons (Fsp3) is 0.125. The van der Waals surface area contributed by atoms with Gasteiger partial charge in [0.2, 0.25) is 0 Å². The van der Waals surface area contributed by atoms with Crippen LogP contribution in [0.2, 0.25) is 0 Å². The maximum atomic E-state index is 14.0. The van der Waals surface area contributed by atoms with Crippen molar-refractivity contribution in [1.29, 1.82) is 0 Å². The summed E-state index contributed by atoms with van der Waals surface area (Å²) in [6.45, 7) is 5.97. The van der Waals surface area contributed by atoms with Gasteiger partial charge < -0.3 is 16.2 Å². The van der Waals surface area contributed by atoms with Gasteiger partial charge in [-0.3, -0.25) is 0 Å². The van der Waals surface area contributed by atoms with Crippen LogP contribution < -0.4 is 11.1 Å². The number of nitrogens with zero attached hydrogens (tertiary/aromatic N) is 1. The summed E-state index contributed by atoms with van der Waals surface area (Å²) in [6, 6.07) is 14.4. The molecule has 0 saturated heterocycles. The number of nitrogens with two attached hydrogens (primary N) is 1. The lowest BCUT2D eigenvalue weighted by Crippen LogP contribution is -2.05. The van der Waals surface area contributed by atoms with Crippen molar-refractivity contribution in [2.45, 2.75) is 20.1 Å². The molecule has 0 bridgehead atoms. The lowest BCUT2D eigenvalue weighted by molar-refractivity contribution is 0.276. The molecule has 0 aliphatic heterocycles. The van der Waals surface area contributed by atoms with Gasteiger partial charge in [-0.2, -0.15) is 0 Å². The molecule has 3 rings (SSSR count). The molecule has 3 aromatic rings. The van der Waals surface area contributed by atoms with E-state index in [0.717, 1.165) is 11.1 Å². The van der Waals surface area contributed by atoms with Crippen molar-refractivity contribution >= 4 is 17.6 Å². The number of pyridine rings is 1. The molecular weight excluding hydrogens is 365 g/mol. The van der Waals surface area contributed by atoms with Gasteiger partial charge in [0.25, 0.3) is 0 Å². The summed E-state index contributed by atoms with van der Waals surface area (Å²) in [7, 11) is 0. The number of benzene rings is 2. The molecule has 0 atom stereocenters. The second kappa shape index (κ2) is 9.17. The van der Waals surface area contributed by atoms with E-state index < -0.39 is 5.82 Å². The Morgan fingerprint density at radius 3 is 2.72 bits per heavy atom. The van der Waals surface area contributed by atoms with Gasteiger partial charge in [0.15, 0.2) is 0 Å². The minimum Gasteiger partial charge on any atom is -0.396 e. The smallest absolute Gasteiger partial charge is 0.150 e. The van der Waals surface area contributed by atoms with E-state index in [4.69, 9.17) is 10.8 Å². The number of hydrogen-bond acceptors (Lipinski definition) is 4. The molecule has 0 spiro atoms. The molecule has 1 heterocycles. The monoisotopic (exact) mass is 389 g/mol. The Morgan fingerprint density at radius 2 is 2.00 bits per heavy atom. The molecule has 0 saturated carbocycles. The standard InChI is InChI=1S/C24H24FN3O/c1-3-4-5-18-12-17(7-6-16(18)2)14-27-24-22(26)10-11-23(28-24)19-8-9-20(15-29)21(25)13-19/h3-13,29H,1,14-15,26H2,2H3,(H,27,28)/b5-4-. The molecule has 0 amide bonds. The summed E-state index contributed by atoms with van der Waals surface area (Å²) in [6.07, 6.45) is 5.67. The molecule has 0 unspecified atom stereocenters. The summed E-state index contributed by atoms with van der Waals surface area (Å²) in [5, 5.41) is 12.4. The van der Waals surface area contributed by atoms with Gasteiger partial charge in [0.05, 0.1) is 18.0 Å². The van der Waals surface area contributed by atoms with E-state index in [1.54, 1.807) is 30.3 Å². The first-order chi connectivity index (χ1) is 14.0. The topological polar surface area (TPSA) is 71.2 Å². The average molecular weight is 389 g/mol. The Labute approximate surface area is 170 Å². The Hall–Kier alpha value is -3.44. The first kappa shape index (κ1) is 20.3. The number of aryl methyl sites for hydroxylation is 1. The Balaban J connectivity index is 1.82. The van der Waals surface area contributed by atoms with Crippen molar-refractivity contribution in [2.75, 3.05) is 11.1 Å². The van der Waals surface area contributed by atoms with Crippen LogP contribution in [-0.2, 0) is 13.2 Å². The maximum Gasteiger partial charge on any atom is 0.150 e. The normalized spacial score (nSPS) is 11.0. The zero-order valence-corrected chi connectivity index (χ0v) is 16.3. The molecule has 2 aromatic carbocycles. The first-order valence-corrected chi connectivity index (χ1v) is 9.30. The van der Waals surface area contributed by atoms with Crippen LogP contribution in [0.25, 0.3) is 17.3 Å².